The number of ketones is 2. The maximum absolute atomic E-state index is 12.3. The van der Waals surface area contributed by atoms with Crippen LogP contribution < -0.4 is 9.47 Å². The number of Topliss-reactive ketones (excluding diaryl/α,β-unsaturated/α-hetero) is 2. The second-order valence-electron chi connectivity index (χ2n) is 5.75. The summed E-state index contributed by atoms with van der Waals surface area (Å²) in [5, 5.41) is 0. The monoisotopic (exact) mass is 420 g/mol. The fourth-order valence-electron chi connectivity index (χ4n) is 2.17. The third-order valence-electron chi connectivity index (χ3n) is 3.57. The standard InChI is InChI=1S/C19H14F6O4/c20-18(21,22)16(26)12-2-6-14(7-3-12)28-10-1-11-29-15-8-4-13(5-9-15)17(27)19(23,24)25/h2-9H,1,10-11H2. The molecule has 0 aliphatic carbocycles. The Labute approximate surface area is 161 Å². The van der Waals surface area contributed by atoms with Crippen molar-refractivity contribution < 1.29 is 45.4 Å². The summed E-state index contributed by atoms with van der Waals surface area (Å²) in [4.78, 5) is 22.1. The van der Waals surface area contributed by atoms with Crippen LogP contribution in [-0.4, -0.2) is 37.1 Å². The van der Waals surface area contributed by atoms with Gasteiger partial charge in [0, 0.05) is 17.5 Å². The third kappa shape index (κ3) is 6.51. The van der Waals surface area contributed by atoms with Crippen molar-refractivity contribution in [2.75, 3.05) is 13.2 Å². The summed E-state index contributed by atoms with van der Waals surface area (Å²) in [7, 11) is 0. The van der Waals surface area contributed by atoms with Crippen molar-refractivity contribution in [3.8, 4) is 11.5 Å². The molecule has 0 aliphatic rings. The molecule has 0 heterocycles. The third-order valence-corrected chi connectivity index (χ3v) is 3.57. The molecule has 0 N–H and O–H groups in total. The number of rotatable bonds is 8. The van der Waals surface area contributed by atoms with E-state index in [0.29, 0.717) is 6.42 Å². The van der Waals surface area contributed by atoms with Crippen molar-refractivity contribution in [1.29, 1.82) is 0 Å². The average molecular weight is 420 g/mol. The van der Waals surface area contributed by atoms with E-state index >= 15 is 0 Å². The molecule has 0 fully saturated rings. The van der Waals surface area contributed by atoms with Gasteiger partial charge in [-0.3, -0.25) is 9.59 Å². The fourth-order valence-corrected chi connectivity index (χ4v) is 2.17. The summed E-state index contributed by atoms with van der Waals surface area (Å²) >= 11 is 0. The summed E-state index contributed by atoms with van der Waals surface area (Å²) in [5.41, 5.74) is -0.999. The van der Waals surface area contributed by atoms with Crippen LogP contribution in [-0.2, 0) is 0 Å². The van der Waals surface area contributed by atoms with Crippen molar-refractivity contribution >= 4 is 11.6 Å². The van der Waals surface area contributed by atoms with Crippen LogP contribution in [0.1, 0.15) is 27.1 Å². The minimum absolute atomic E-state index is 0.150. The molecule has 10 heteroatoms. The first-order valence-corrected chi connectivity index (χ1v) is 8.17. The minimum atomic E-state index is -4.95. The topological polar surface area (TPSA) is 52.6 Å². The molecule has 0 unspecified atom stereocenters. The van der Waals surface area contributed by atoms with Gasteiger partial charge in [0.05, 0.1) is 13.2 Å². The Bertz CT molecular complexity index is 767. The second-order valence-corrected chi connectivity index (χ2v) is 5.75. The molecule has 2 aromatic carbocycles. The number of alkyl halides is 6. The molecule has 0 aliphatic heterocycles. The van der Waals surface area contributed by atoms with Crippen LogP contribution in [0.15, 0.2) is 48.5 Å². The average Bonchev–Trinajstić information content (AvgIpc) is 2.66. The molecule has 4 nitrogen and oxygen atoms in total. The Balaban J connectivity index is 1.75. The predicted octanol–water partition coefficient (Wildman–Crippen LogP) is 5.02. The predicted molar refractivity (Wildman–Crippen MR) is 89.3 cm³/mol. The highest BCUT2D eigenvalue weighted by molar-refractivity contribution is 6.00. The van der Waals surface area contributed by atoms with Crippen molar-refractivity contribution in [2.45, 2.75) is 18.8 Å². The van der Waals surface area contributed by atoms with Crippen LogP contribution in [0.3, 0.4) is 0 Å². The zero-order valence-electron chi connectivity index (χ0n) is 14.6. The van der Waals surface area contributed by atoms with Crippen LogP contribution in [0.25, 0.3) is 0 Å². The molecule has 0 aromatic heterocycles. The first-order valence-electron chi connectivity index (χ1n) is 8.17. The molecule has 0 radical (unpaired) electrons. The van der Waals surface area contributed by atoms with E-state index in [9.17, 15) is 35.9 Å². The Hall–Kier alpha value is -3.04. The maximum atomic E-state index is 12.3. The fraction of sp³-hybridized carbons (Fsp3) is 0.263. The van der Waals surface area contributed by atoms with E-state index in [2.05, 4.69) is 0 Å². The van der Waals surface area contributed by atoms with Crippen LogP contribution >= 0.6 is 0 Å². The number of carbonyl (C=O) groups is 2. The molecule has 0 atom stereocenters. The van der Waals surface area contributed by atoms with Gasteiger partial charge in [0.15, 0.2) is 0 Å². The molecule has 0 amide bonds. The van der Waals surface area contributed by atoms with Gasteiger partial charge < -0.3 is 9.47 Å². The highest BCUT2D eigenvalue weighted by atomic mass is 19.4. The Morgan fingerprint density at radius 3 is 1.21 bits per heavy atom. The van der Waals surface area contributed by atoms with E-state index in [1.807, 2.05) is 0 Å². The highest BCUT2D eigenvalue weighted by Crippen LogP contribution is 2.24. The number of ether oxygens (including phenoxy) is 2. The first-order chi connectivity index (χ1) is 13.5. The van der Waals surface area contributed by atoms with Gasteiger partial charge >= 0.3 is 12.4 Å². The van der Waals surface area contributed by atoms with Gasteiger partial charge in [-0.25, -0.2) is 0 Å². The lowest BCUT2D eigenvalue weighted by Gasteiger charge is -2.10. The molecule has 2 rings (SSSR count). The van der Waals surface area contributed by atoms with Crippen LogP contribution in [0.5, 0.6) is 11.5 Å². The van der Waals surface area contributed by atoms with Gasteiger partial charge in [0.1, 0.15) is 11.5 Å². The van der Waals surface area contributed by atoms with Gasteiger partial charge in [-0.1, -0.05) is 0 Å². The normalized spacial score (nSPS) is 11.8. The van der Waals surface area contributed by atoms with E-state index in [-0.39, 0.29) is 24.7 Å². The van der Waals surface area contributed by atoms with Gasteiger partial charge in [-0.05, 0) is 48.5 Å². The molecule has 2 aromatic rings. The van der Waals surface area contributed by atoms with Crippen molar-refractivity contribution in [3.63, 3.8) is 0 Å². The highest BCUT2D eigenvalue weighted by Gasteiger charge is 2.39. The van der Waals surface area contributed by atoms with Crippen LogP contribution in [0, 0.1) is 0 Å². The summed E-state index contributed by atoms with van der Waals surface area (Å²) < 4.78 is 84.5. The van der Waals surface area contributed by atoms with Crippen molar-refractivity contribution in [1.82, 2.24) is 0 Å². The van der Waals surface area contributed by atoms with E-state index in [4.69, 9.17) is 9.47 Å². The summed E-state index contributed by atoms with van der Waals surface area (Å²) in [6.07, 6.45) is -9.53. The Morgan fingerprint density at radius 2 is 0.931 bits per heavy atom. The zero-order valence-corrected chi connectivity index (χ0v) is 14.6. The lowest BCUT2D eigenvalue weighted by atomic mass is 10.1. The van der Waals surface area contributed by atoms with Crippen LogP contribution in [0.4, 0.5) is 26.3 Å². The molecule has 29 heavy (non-hydrogen) atoms. The van der Waals surface area contributed by atoms with Gasteiger partial charge in [-0.2, -0.15) is 26.3 Å². The number of benzene rings is 2. The Morgan fingerprint density at radius 1 is 0.621 bits per heavy atom. The quantitative estimate of drug-likeness (QED) is 0.342. The molecule has 156 valence electrons. The molecular weight excluding hydrogens is 406 g/mol. The van der Waals surface area contributed by atoms with Gasteiger partial charge in [-0.15, -0.1) is 0 Å². The SMILES string of the molecule is O=C(c1ccc(OCCCOc2ccc(C(=O)C(F)(F)F)cc2)cc1)C(F)(F)F. The Kier molecular flexibility index (Phi) is 6.89. The second kappa shape index (κ2) is 8.97. The maximum Gasteiger partial charge on any atom is 0.454 e. The molecule has 0 bridgehead atoms. The van der Waals surface area contributed by atoms with E-state index < -0.39 is 35.0 Å². The number of hydrogen-bond acceptors (Lipinski definition) is 4. The van der Waals surface area contributed by atoms with E-state index in [1.165, 1.54) is 24.3 Å². The largest absolute Gasteiger partial charge is 0.493 e. The first kappa shape index (κ1) is 22.3. The lowest BCUT2D eigenvalue weighted by molar-refractivity contribution is -0.0888. The molecular formula is C19H14F6O4. The van der Waals surface area contributed by atoms with Crippen molar-refractivity contribution in [3.05, 3.63) is 59.7 Å². The van der Waals surface area contributed by atoms with E-state index in [1.54, 1.807) is 0 Å². The lowest BCUT2D eigenvalue weighted by Crippen LogP contribution is -2.22. The summed E-state index contributed by atoms with van der Waals surface area (Å²) in [5.74, 6) is -3.36. The molecule has 0 spiro atoms. The molecule has 0 saturated carbocycles. The zero-order chi connectivity index (χ0) is 21.7. The van der Waals surface area contributed by atoms with Gasteiger partial charge in [0.2, 0.25) is 0 Å². The number of hydrogen-bond donors (Lipinski definition) is 0. The number of halogens is 6. The number of carbonyl (C=O) groups excluding carboxylic acids is 2. The summed E-state index contributed by atoms with van der Waals surface area (Å²) in [6, 6.07) is 8.95. The molecule has 0 saturated heterocycles. The smallest absolute Gasteiger partial charge is 0.454 e. The van der Waals surface area contributed by atoms with Crippen molar-refractivity contribution in [2.24, 2.45) is 0 Å². The summed E-state index contributed by atoms with van der Waals surface area (Å²) in [6.45, 7) is 0.300. The van der Waals surface area contributed by atoms with E-state index in [0.717, 1.165) is 24.3 Å². The minimum Gasteiger partial charge on any atom is -0.493 e. The van der Waals surface area contributed by atoms with Gasteiger partial charge in [0.25, 0.3) is 11.6 Å². The van der Waals surface area contributed by atoms with Crippen LogP contribution in [0.2, 0.25) is 0 Å².